The van der Waals surface area contributed by atoms with Gasteiger partial charge in [0, 0.05) is 31.5 Å². The lowest BCUT2D eigenvalue weighted by molar-refractivity contribution is -0.137. The molecule has 1 aliphatic rings. The highest BCUT2D eigenvalue weighted by atomic mass is 19.4. The predicted octanol–water partition coefficient (Wildman–Crippen LogP) is 4.07. The van der Waals surface area contributed by atoms with Crippen LogP contribution < -0.4 is 5.32 Å². The highest BCUT2D eigenvalue weighted by Gasteiger charge is 2.41. The normalized spacial score (nSPS) is 20.1. The maximum Gasteiger partial charge on any atom is 0.416 e. The summed E-state index contributed by atoms with van der Waals surface area (Å²) in [6.07, 6.45) is -3.63. The minimum atomic E-state index is -4.45. The number of amides is 2. The minimum absolute atomic E-state index is 0.0885. The van der Waals surface area contributed by atoms with Crippen molar-refractivity contribution in [2.24, 2.45) is 17.8 Å². The Kier molecular flexibility index (Phi) is 7.12. The van der Waals surface area contributed by atoms with Crippen molar-refractivity contribution in [2.45, 2.75) is 46.2 Å². The van der Waals surface area contributed by atoms with Gasteiger partial charge in [-0.2, -0.15) is 13.2 Å². The lowest BCUT2D eigenvalue weighted by Gasteiger charge is -2.19. The van der Waals surface area contributed by atoms with Crippen molar-refractivity contribution in [3.05, 3.63) is 35.4 Å². The standard InChI is InChI=1S/C21H29F3N2O2/c1-13(2)8-9-25-19(27)18-12-26(20(28)14(3)4)11-17(18)15-6-5-7-16(10-15)21(22,23)24/h5-7,10,13-14,17-18H,8-9,11-12H2,1-4H3,(H,25,27)/t17-,18-/m1/s1. The number of nitrogens with zero attached hydrogens (tertiary/aromatic N) is 1. The number of halogens is 3. The Bertz CT molecular complexity index is 701. The van der Waals surface area contributed by atoms with Crippen molar-refractivity contribution in [2.75, 3.05) is 19.6 Å². The van der Waals surface area contributed by atoms with Gasteiger partial charge in [0.05, 0.1) is 11.5 Å². The van der Waals surface area contributed by atoms with E-state index < -0.39 is 23.6 Å². The van der Waals surface area contributed by atoms with Crippen LogP contribution in [-0.4, -0.2) is 36.3 Å². The molecule has 0 bridgehead atoms. The van der Waals surface area contributed by atoms with Crippen molar-refractivity contribution < 1.29 is 22.8 Å². The molecule has 2 amide bonds. The monoisotopic (exact) mass is 398 g/mol. The number of hydrogen-bond acceptors (Lipinski definition) is 2. The maximum absolute atomic E-state index is 13.1. The number of alkyl halides is 3. The number of hydrogen-bond donors (Lipinski definition) is 1. The van der Waals surface area contributed by atoms with Gasteiger partial charge < -0.3 is 10.2 Å². The number of rotatable bonds is 6. The Morgan fingerprint density at radius 3 is 2.43 bits per heavy atom. The zero-order valence-electron chi connectivity index (χ0n) is 16.8. The van der Waals surface area contributed by atoms with Crippen molar-refractivity contribution in [1.29, 1.82) is 0 Å². The second-order valence-corrected chi connectivity index (χ2v) is 8.21. The van der Waals surface area contributed by atoms with Gasteiger partial charge in [-0.3, -0.25) is 9.59 Å². The topological polar surface area (TPSA) is 49.4 Å². The number of nitrogens with one attached hydrogen (secondary N) is 1. The highest BCUT2D eigenvalue weighted by molar-refractivity contribution is 5.84. The lowest BCUT2D eigenvalue weighted by atomic mass is 9.87. The van der Waals surface area contributed by atoms with Crippen molar-refractivity contribution in [3.8, 4) is 0 Å². The van der Waals surface area contributed by atoms with Gasteiger partial charge in [0.2, 0.25) is 11.8 Å². The third-order valence-corrected chi connectivity index (χ3v) is 5.13. The molecule has 1 saturated heterocycles. The van der Waals surface area contributed by atoms with Gasteiger partial charge in [0.15, 0.2) is 0 Å². The van der Waals surface area contributed by atoms with Gasteiger partial charge in [-0.25, -0.2) is 0 Å². The van der Waals surface area contributed by atoms with Crippen molar-refractivity contribution >= 4 is 11.8 Å². The van der Waals surface area contributed by atoms with E-state index in [1.165, 1.54) is 6.07 Å². The summed E-state index contributed by atoms with van der Waals surface area (Å²) in [5.41, 5.74) is -0.296. The maximum atomic E-state index is 13.1. The fraction of sp³-hybridized carbons (Fsp3) is 0.619. The van der Waals surface area contributed by atoms with E-state index in [4.69, 9.17) is 0 Å². The Hall–Kier alpha value is -2.05. The molecule has 0 aromatic heterocycles. The van der Waals surface area contributed by atoms with Gasteiger partial charge in [0.25, 0.3) is 0 Å². The quantitative estimate of drug-likeness (QED) is 0.786. The molecule has 1 N–H and O–H groups in total. The molecule has 2 rings (SSSR count). The Balaban J connectivity index is 2.26. The van der Waals surface area contributed by atoms with E-state index >= 15 is 0 Å². The predicted molar refractivity (Wildman–Crippen MR) is 102 cm³/mol. The molecule has 1 aliphatic heterocycles. The van der Waals surface area contributed by atoms with Crippen LogP contribution in [0.1, 0.15) is 51.2 Å². The number of benzene rings is 1. The molecule has 0 aliphatic carbocycles. The van der Waals surface area contributed by atoms with E-state index in [-0.39, 0.29) is 30.8 Å². The van der Waals surface area contributed by atoms with Gasteiger partial charge in [-0.15, -0.1) is 0 Å². The molecule has 4 nitrogen and oxygen atoms in total. The van der Waals surface area contributed by atoms with Crippen LogP contribution in [-0.2, 0) is 15.8 Å². The van der Waals surface area contributed by atoms with Crippen LogP contribution >= 0.6 is 0 Å². The van der Waals surface area contributed by atoms with E-state index in [1.54, 1.807) is 24.8 Å². The van der Waals surface area contributed by atoms with Crippen LogP contribution in [0, 0.1) is 17.8 Å². The minimum Gasteiger partial charge on any atom is -0.356 e. The fourth-order valence-corrected chi connectivity index (χ4v) is 3.51. The molecule has 1 fully saturated rings. The first-order chi connectivity index (χ1) is 13.0. The second-order valence-electron chi connectivity index (χ2n) is 8.21. The fourth-order valence-electron chi connectivity index (χ4n) is 3.51. The number of likely N-dealkylation sites (tertiary alicyclic amines) is 1. The summed E-state index contributed by atoms with van der Waals surface area (Å²) < 4.78 is 39.4. The summed E-state index contributed by atoms with van der Waals surface area (Å²) in [6, 6.07) is 5.09. The molecule has 28 heavy (non-hydrogen) atoms. The summed E-state index contributed by atoms with van der Waals surface area (Å²) in [5, 5.41) is 2.89. The SMILES string of the molecule is CC(C)CCNC(=O)[C@@H]1CN(C(=O)C(C)C)C[C@@H]1c1cccc(C(F)(F)F)c1. The molecule has 0 unspecified atom stereocenters. The van der Waals surface area contributed by atoms with Crippen LogP contribution in [0.3, 0.4) is 0 Å². The van der Waals surface area contributed by atoms with Crippen LogP contribution in [0.5, 0.6) is 0 Å². The van der Waals surface area contributed by atoms with E-state index in [0.717, 1.165) is 18.6 Å². The first-order valence-electron chi connectivity index (χ1n) is 9.74. The smallest absolute Gasteiger partial charge is 0.356 e. The summed E-state index contributed by atoms with van der Waals surface area (Å²) in [6.45, 7) is 8.65. The van der Waals surface area contributed by atoms with Gasteiger partial charge in [-0.1, -0.05) is 45.9 Å². The van der Waals surface area contributed by atoms with Crippen molar-refractivity contribution in [3.63, 3.8) is 0 Å². The number of carbonyl (C=O) groups is 2. The zero-order chi connectivity index (χ0) is 21.1. The lowest BCUT2D eigenvalue weighted by Crippen LogP contribution is -2.37. The van der Waals surface area contributed by atoms with E-state index in [2.05, 4.69) is 19.2 Å². The highest BCUT2D eigenvalue weighted by Crippen LogP contribution is 2.37. The molecule has 7 heteroatoms. The molecule has 0 saturated carbocycles. The van der Waals surface area contributed by atoms with Gasteiger partial charge >= 0.3 is 6.18 Å². The summed E-state index contributed by atoms with van der Waals surface area (Å²) in [7, 11) is 0. The second kappa shape index (κ2) is 8.97. The molecular formula is C21H29F3N2O2. The van der Waals surface area contributed by atoms with E-state index in [9.17, 15) is 22.8 Å². The summed E-state index contributed by atoms with van der Waals surface area (Å²) >= 11 is 0. The van der Waals surface area contributed by atoms with Gasteiger partial charge in [-0.05, 0) is 24.0 Å². The third-order valence-electron chi connectivity index (χ3n) is 5.13. The molecule has 1 heterocycles. The Morgan fingerprint density at radius 2 is 1.86 bits per heavy atom. The molecular weight excluding hydrogens is 369 g/mol. The Morgan fingerprint density at radius 1 is 1.18 bits per heavy atom. The first-order valence-corrected chi connectivity index (χ1v) is 9.74. The van der Waals surface area contributed by atoms with Crippen LogP contribution in [0.25, 0.3) is 0 Å². The average Bonchev–Trinajstić information content (AvgIpc) is 3.05. The molecule has 156 valence electrons. The molecule has 1 aromatic rings. The molecule has 2 atom stereocenters. The number of carbonyl (C=O) groups excluding carboxylic acids is 2. The van der Waals surface area contributed by atoms with Crippen molar-refractivity contribution in [1.82, 2.24) is 10.2 Å². The molecule has 0 radical (unpaired) electrons. The first kappa shape index (κ1) is 22.2. The van der Waals surface area contributed by atoms with E-state index in [0.29, 0.717) is 18.0 Å². The molecule has 1 aromatic carbocycles. The largest absolute Gasteiger partial charge is 0.416 e. The molecule has 0 spiro atoms. The van der Waals surface area contributed by atoms with Crippen LogP contribution in [0.15, 0.2) is 24.3 Å². The average molecular weight is 398 g/mol. The Labute approximate surface area is 164 Å². The summed E-state index contributed by atoms with van der Waals surface area (Å²) in [4.78, 5) is 26.8. The van der Waals surface area contributed by atoms with Crippen LogP contribution in [0.4, 0.5) is 13.2 Å². The van der Waals surface area contributed by atoms with Gasteiger partial charge in [0.1, 0.15) is 0 Å². The zero-order valence-corrected chi connectivity index (χ0v) is 16.8. The van der Waals surface area contributed by atoms with E-state index in [1.807, 2.05) is 0 Å². The third kappa shape index (κ3) is 5.49. The summed E-state index contributed by atoms with van der Waals surface area (Å²) in [5.74, 6) is -1.11. The van der Waals surface area contributed by atoms with Crippen LogP contribution in [0.2, 0.25) is 0 Å².